The molecule has 5 aromatic rings. The third-order valence-corrected chi connectivity index (χ3v) is 5.41. The van der Waals surface area contributed by atoms with Crippen LogP contribution < -0.4 is 10.4 Å². The predicted molar refractivity (Wildman–Crippen MR) is 116 cm³/mol. The first-order valence-corrected chi connectivity index (χ1v) is 9.79. The Kier molecular flexibility index (Phi) is 4.35. The molecule has 0 aliphatic rings. The Morgan fingerprint density at radius 2 is 1.77 bits per heavy atom. The molecule has 0 atom stereocenters. The van der Waals surface area contributed by atoms with Crippen molar-refractivity contribution in [3.63, 3.8) is 0 Å². The molecule has 5 rings (SSSR count). The molecule has 0 bridgehead atoms. The van der Waals surface area contributed by atoms with Crippen molar-refractivity contribution in [2.75, 3.05) is 7.11 Å². The zero-order valence-corrected chi connectivity index (χ0v) is 16.8. The third-order valence-electron chi connectivity index (χ3n) is 5.41. The van der Waals surface area contributed by atoms with E-state index in [1.807, 2.05) is 48.5 Å². The Hall–Kier alpha value is -3.87. The molecule has 0 aliphatic carbocycles. The molecule has 30 heavy (non-hydrogen) atoms. The van der Waals surface area contributed by atoms with Crippen LogP contribution in [-0.2, 0) is 20.0 Å². The summed E-state index contributed by atoms with van der Waals surface area (Å²) in [6, 6.07) is 19.8. The maximum absolute atomic E-state index is 12.8. The number of benzene rings is 2. The number of aromatic nitrogens is 5. The van der Waals surface area contributed by atoms with E-state index in [1.165, 1.54) is 0 Å². The zero-order chi connectivity index (χ0) is 20.7. The fourth-order valence-electron chi connectivity index (χ4n) is 3.97. The van der Waals surface area contributed by atoms with Gasteiger partial charge >= 0.3 is 5.69 Å². The molecule has 3 heterocycles. The molecule has 0 spiro atoms. The molecule has 0 fully saturated rings. The monoisotopic (exact) mass is 399 g/mol. The van der Waals surface area contributed by atoms with Crippen LogP contribution in [0.15, 0.2) is 71.7 Å². The minimum Gasteiger partial charge on any atom is -0.494 e. The molecule has 0 radical (unpaired) electrons. The number of rotatable bonds is 5. The first-order chi connectivity index (χ1) is 14.7. The Morgan fingerprint density at radius 3 is 2.57 bits per heavy atom. The maximum Gasteiger partial charge on any atom is 0.330 e. The molecule has 0 saturated heterocycles. The molecular formula is C23H21N5O2. The molecule has 0 amide bonds. The number of hydrogen-bond acceptors (Lipinski definition) is 4. The van der Waals surface area contributed by atoms with Crippen LogP contribution in [0.3, 0.4) is 0 Å². The average molecular weight is 399 g/mol. The Morgan fingerprint density at radius 1 is 0.967 bits per heavy atom. The lowest BCUT2D eigenvalue weighted by atomic mass is 10.2. The van der Waals surface area contributed by atoms with E-state index in [0.29, 0.717) is 18.6 Å². The van der Waals surface area contributed by atoms with Gasteiger partial charge in [-0.2, -0.15) is 0 Å². The molecule has 0 N–H and O–H groups in total. The number of imidazole rings is 2. The van der Waals surface area contributed by atoms with Crippen LogP contribution in [0.1, 0.15) is 5.82 Å². The molecule has 150 valence electrons. The van der Waals surface area contributed by atoms with Crippen molar-refractivity contribution in [2.45, 2.75) is 13.0 Å². The highest BCUT2D eigenvalue weighted by atomic mass is 16.5. The fraction of sp³-hybridized carbons (Fsp3) is 0.174. The van der Waals surface area contributed by atoms with Crippen molar-refractivity contribution in [3.8, 4) is 11.4 Å². The lowest BCUT2D eigenvalue weighted by Gasteiger charge is -2.10. The van der Waals surface area contributed by atoms with Crippen molar-refractivity contribution in [1.82, 2.24) is 23.7 Å². The number of hydrogen-bond donors (Lipinski definition) is 0. The predicted octanol–water partition coefficient (Wildman–Crippen LogP) is 3.33. The largest absolute Gasteiger partial charge is 0.494 e. The standard InChI is InChI=1S/C23H21N5O2/c1-26-18-11-7-14-24-22(18)27(23(26)29)15-13-20-25-21-17(10-6-12-19(21)30-2)28(20)16-8-4-3-5-9-16/h3-12,14H,13,15H2,1-2H3. The molecule has 7 nitrogen and oxygen atoms in total. The molecule has 2 aromatic carbocycles. The third kappa shape index (κ3) is 2.78. The summed E-state index contributed by atoms with van der Waals surface area (Å²) in [6.07, 6.45) is 2.28. The topological polar surface area (TPSA) is 66.9 Å². The van der Waals surface area contributed by atoms with Crippen LogP contribution >= 0.6 is 0 Å². The SMILES string of the molecule is COc1cccc2c1nc(CCn1c(=O)n(C)c3cccnc31)n2-c1ccccc1. The number of methoxy groups -OCH3 is 1. The Labute approximate surface area is 172 Å². The van der Waals surface area contributed by atoms with Crippen molar-refractivity contribution in [3.05, 3.63) is 83.2 Å². The van der Waals surface area contributed by atoms with Crippen LogP contribution in [-0.4, -0.2) is 30.8 Å². The second-order valence-electron chi connectivity index (χ2n) is 7.12. The molecular weight excluding hydrogens is 378 g/mol. The lowest BCUT2D eigenvalue weighted by Crippen LogP contribution is -2.23. The highest BCUT2D eigenvalue weighted by Crippen LogP contribution is 2.29. The van der Waals surface area contributed by atoms with Crippen LogP contribution in [0, 0.1) is 0 Å². The van der Waals surface area contributed by atoms with E-state index in [1.54, 1.807) is 29.5 Å². The Balaban J connectivity index is 1.63. The second kappa shape index (κ2) is 7.18. The summed E-state index contributed by atoms with van der Waals surface area (Å²) in [6.45, 7) is 0.478. The smallest absolute Gasteiger partial charge is 0.330 e. The van der Waals surface area contributed by atoms with Crippen molar-refractivity contribution < 1.29 is 4.74 Å². The number of aryl methyl sites for hydroxylation is 3. The van der Waals surface area contributed by atoms with Gasteiger partial charge in [0, 0.05) is 31.9 Å². The quantitative estimate of drug-likeness (QED) is 0.455. The van der Waals surface area contributed by atoms with E-state index in [9.17, 15) is 4.79 Å². The number of pyridine rings is 1. The lowest BCUT2D eigenvalue weighted by molar-refractivity contribution is 0.419. The van der Waals surface area contributed by atoms with Gasteiger partial charge in [-0.05, 0) is 36.4 Å². The fourth-order valence-corrected chi connectivity index (χ4v) is 3.97. The second-order valence-corrected chi connectivity index (χ2v) is 7.12. The van der Waals surface area contributed by atoms with Gasteiger partial charge < -0.3 is 4.74 Å². The van der Waals surface area contributed by atoms with E-state index >= 15 is 0 Å². The number of ether oxygens (including phenoxy) is 1. The van der Waals surface area contributed by atoms with Crippen molar-refractivity contribution >= 4 is 22.2 Å². The summed E-state index contributed by atoms with van der Waals surface area (Å²) in [5.41, 5.74) is 4.22. The number of nitrogens with zero attached hydrogens (tertiary/aromatic N) is 5. The van der Waals surface area contributed by atoms with Gasteiger partial charge in [0.15, 0.2) is 5.65 Å². The van der Waals surface area contributed by atoms with Gasteiger partial charge in [-0.25, -0.2) is 14.8 Å². The minimum atomic E-state index is -0.0800. The van der Waals surface area contributed by atoms with E-state index in [-0.39, 0.29) is 5.69 Å². The zero-order valence-electron chi connectivity index (χ0n) is 16.8. The summed E-state index contributed by atoms with van der Waals surface area (Å²) < 4.78 is 11.0. The van der Waals surface area contributed by atoms with E-state index < -0.39 is 0 Å². The summed E-state index contributed by atoms with van der Waals surface area (Å²) in [7, 11) is 3.42. The van der Waals surface area contributed by atoms with Gasteiger partial charge in [-0.15, -0.1) is 0 Å². The summed E-state index contributed by atoms with van der Waals surface area (Å²) in [5.74, 6) is 1.59. The van der Waals surface area contributed by atoms with Crippen LogP contribution in [0.4, 0.5) is 0 Å². The molecule has 0 saturated carbocycles. The summed E-state index contributed by atoms with van der Waals surface area (Å²) >= 11 is 0. The molecule has 0 unspecified atom stereocenters. The highest BCUT2D eigenvalue weighted by molar-refractivity contribution is 5.84. The van der Waals surface area contributed by atoms with E-state index in [2.05, 4.69) is 21.7 Å². The Bertz CT molecular complexity index is 1410. The van der Waals surface area contributed by atoms with Gasteiger partial charge in [0.2, 0.25) is 0 Å². The van der Waals surface area contributed by atoms with Crippen LogP contribution in [0.25, 0.3) is 27.9 Å². The van der Waals surface area contributed by atoms with Gasteiger partial charge in [0.1, 0.15) is 17.1 Å². The van der Waals surface area contributed by atoms with Crippen molar-refractivity contribution in [1.29, 1.82) is 0 Å². The van der Waals surface area contributed by atoms with E-state index in [4.69, 9.17) is 9.72 Å². The van der Waals surface area contributed by atoms with E-state index in [0.717, 1.165) is 33.8 Å². The molecule has 0 aliphatic heterocycles. The summed E-state index contributed by atoms with van der Waals surface area (Å²) in [5, 5.41) is 0. The first-order valence-electron chi connectivity index (χ1n) is 9.79. The van der Waals surface area contributed by atoms with Crippen LogP contribution in [0.2, 0.25) is 0 Å². The van der Waals surface area contributed by atoms with Crippen LogP contribution in [0.5, 0.6) is 5.75 Å². The minimum absolute atomic E-state index is 0.0800. The van der Waals surface area contributed by atoms with Crippen molar-refractivity contribution in [2.24, 2.45) is 7.05 Å². The normalized spacial score (nSPS) is 11.4. The summed E-state index contributed by atoms with van der Waals surface area (Å²) in [4.78, 5) is 22.1. The highest BCUT2D eigenvalue weighted by Gasteiger charge is 2.17. The number of para-hydroxylation sites is 2. The molecule has 3 aromatic heterocycles. The van der Waals surface area contributed by atoms with Gasteiger partial charge in [0.05, 0.1) is 18.1 Å². The van der Waals surface area contributed by atoms with Gasteiger partial charge in [-0.1, -0.05) is 24.3 Å². The average Bonchev–Trinajstić information content (AvgIpc) is 3.28. The number of fused-ring (bicyclic) bond motifs is 2. The maximum atomic E-state index is 12.8. The van der Waals surface area contributed by atoms with Gasteiger partial charge in [0.25, 0.3) is 0 Å². The van der Waals surface area contributed by atoms with Gasteiger partial charge in [-0.3, -0.25) is 13.7 Å². The first kappa shape index (κ1) is 18.2. The molecule has 7 heteroatoms.